The number of hydrogen-bond acceptors (Lipinski definition) is 3. The summed E-state index contributed by atoms with van der Waals surface area (Å²) in [6, 6.07) is 5.02. The van der Waals surface area contributed by atoms with Gasteiger partial charge in [-0.05, 0) is 25.1 Å². The monoisotopic (exact) mass is 349 g/mol. The molecule has 1 atom stereocenters. The number of hydrogen-bond donors (Lipinski definition) is 2. The van der Waals surface area contributed by atoms with E-state index in [4.69, 9.17) is 16.3 Å². The van der Waals surface area contributed by atoms with Crippen LogP contribution in [0.25, 0.3) is 0 Å². The highest BCUT2D eigenvalue weighted by atomic mass is 79.9. The Kier molecular flexibility index (Phi) is 6.26. The second kappa shape index (κ2) is 7.24. The van der Waals surface area contributed by atoms with Gasteiger partial charge < -0.3 is 15.2 Å². The second-order valence-electron chi connectivity index (χ2n) is 4.55. The number of benzene rings is 1. The van der Waals surface area contributed by atoms with Gasteiger partial charge in [-0.1, -0.05) is 27.5 Å². The zero-order valence-electron chi connectivity index (χ0n) is 10.9. The Balaban J connectivity index is 2.60. The average Bonchev–Trinajstić information content (AvgIpc) is 2.34. The molecule has 0 radical (unpaired) electrons. The third-order valence-corrected chi connectivity index (χ3v) is 3.46. The highest BCUT2D eigenvalue weighted by molar-refractivity contribution is 9.10. The molecule has 0 spiro atoms. The molecule has 1 unspecified atom stereocenters. The zero-order valence-corrected chi connectivity index (χ0v) is 13.2. The molecule has 0 bridgehead atoms. The van der Waals surface area contributed by atoms with Gasteiger partial charge >= 0.3 is 0 Å². The van der Waals surface area contributed by atoms with Crippen molar-refractivity contribution in [1.82, 2.24) is 5.32 Å². The molecule has 6 heteroatoms. The van der Waals surface area contributed by atoms with E-state index >= 15 is 0 Å². The largest absolute Gasteiger partial charge is 0.388 e. The van der Waals surface area contributed by atoms with E-state index < -0.39 is 5.60 Å². The van der Waals surface area contributed by atoms with E-state index in [2.05, 4.69) is 21.2 Å². The topological polar surface area (TPSA) is 58.6 Å². The standard InChI is InChI=1S/C13H17BrClNO3/c1-13(18,5-6-19-2)8-16-12(17)10-4-3-9(14)7-11(10)15/h3-4,7,18H,5-6,8H2,1-2H3,(H,16,17). The van der Waals surface area contributed by atoms with Crippen LogP contribution in [0.4, 0.5) is 0 Å². The fourth-order valence-corrected chi connectivity index (χ4v) is 2.21. The first kappa shape index (κ1) is 16.4. The van der Waals surface area contributed by atoms with Gasteiger partial charge in [0.05, 0.1) is 16.2 Å². The molecular formula is C13H17BrClNO3. The summed E-state index contributed by atoms with van der Waals surface area (Å²) in [5.41, 5.74) is -0.625. The summed E-state index contributed by atoms with van der Waals surface area (Å²) in [5, 5.41) is 13.0. The van der Waals surface area contributed by atoms with E-state index in [1.807, 2.05) is 0 Å². The Bertz CT molecular complexity index is 452. The first-order valence-electron chi connectivity index (χ1n) is 5.80. The van der Waals surface area contributed by atoms with E-state index in [-0.39, 0.29) is 12.5 Å². The maximum atomic E-state index is 11.9. The van der Waals surface area contributed by atoms with Gasteiger partial charge in [0, 0.05) is 31.2 Å². The van der Waals surface area contributed by atoms with Crippen molar-refractivity contribution in [3.8, 4) is 0 Å². The maximum absolute atomic E-state index is 11.9. The molecule has 0 heterocycles. The normalized spacial score (nSPS) is 13.9. The van der Waals surface area contributed by atoms with E-state index in [9.17, 15) is 9.90 Å². The summed E-state index contributed by atoms with van der Waals surface area (Å²) in [6.45, 7) is 2.22. The molecule has 0 saturated carbocycles. The quantitative estimate of drug-likeness (QED) is 0.829. The summed E-state index contributed by atoms with van der Waals surface area (Å²) in [5.74, 6) is -0.310. The van der Waals surface area contributed by atoms with Crippen molar-refractivity contribution >= 4 is 33.4 Å². The number of rotatable bonds is 6. The van der Waals surface area contributed by atoms with E-state index in [1.54, 1.807) is 32.2 Å². The Morgan fingerprint density at radius 3 is 2.84 bits per heavy atom. The first-order chi connectivity index (χ1) is 8.85. The smallest absolute Gasteiger partial charge is 0.252 e. The van der Waals surface area contributed by atoms with E-state index in [0.29, 0.717) is 23.6 Å². The molecule has 0 saturated heterocycles. The lowest BCUT2D eigenvalue weighted by molar-refractivity contribution is 0.0243. The van der Waals surface area contributed by atoms with Crippen LogP contribution in [-0.4, -0.2) is 36.9 Å². The lowest BCUT2D eigenvalue weighted by atomic mass is 10.0. The van der Waals surface area contributed by atoms with Crippen LogP contribution >= 0.6 is 27.5 Å². The van der Waals surface area contributed by atoms with Crippen molar-refractivity contribution in [2.75, 3.05) is 20.3 Å². The SMILES string of the molecule is COCCC(C)(O)CNC(=O)c1ccc(Br)cc1Cl. The third kappa shape index (κ3) is 5.48. The van der Waals surface area contributed by atoms with Crippen molar-refractivity contribution in [3.63, 3.8) is 0 Å². The number of halogens is 2. The van der Waals surface area contributed by atoms with Crippen LogP contribution in [0.3, 0.4) is 0 Å². The Morgan fingerprint density at radius 1 is 1.58 bits per heavy atom. The molecule has 0 aromatic heterocycles. The van der Waals surface area contributed by atoms with Gasteiger partial charge in [-0.3, -0.25) is 4.79 Å². The minimum absolute atomic E-state index is 0.140. The van der Waals surface area contributed by atoms with Gasteiger partial charge in [-0.25, -0.2) is 0 Å². The zero-order chi connectivity index (χ0) is 14.5. The van der Waals surface area contributed by atoms with Crippen LogP contribution in [0, 0.1) is 0 Å². The molecule has 4 nitrogen and oxygen atoms in total. The number of methoxy groups -OCH3 is 1. The van der Waals surface area contributed by atoms with Gasteiger partial charge in [-0.2, -0.15) is 0 Å². The Morgan fingerprint density at radius 2 is 2.26 bits per heavy atom. The number of ether oxygens (including phenoxy) is 1. The summed E-state index contributed by atoms with van der Waals surface area (Å²) in [4.78, 5) is 11.9. The molecule has 0 fully saturated rings. The van der Waals surface area contributed by atoms with Crippen molar-refractivity contribution in [2.45, 2.75) is 18.9 Å². The summed E-state index contributed by atoms with van der Waals surface area (Å²) < 4.78 is 5.71. The molecule has 19 heavy (non-hydrogen) atoms. The number of aliphatic hydroxyl groups is 1. The third-order valence-electron chi connectivity index (χ3n) is 2.65. The van der Waals surface area contributed by atoms with Crippen LogP contribution in [-0.2, 0) is 4.74 Å². The average molecular weight is 351 g/mol. The van der Waals surface area contributed by atoms with Crippen molar-refractivity contribution in [3.05, 3.63) is 33.3 Å². The number of nitrogens with one attached hydrogen (secondary N) is 1. The van der Waals surface area contributed by atoms with Crippen molar-refractivity contribution in [1.29, 1.82) is 0 Å². The summed E-state index contributed by atoms with van der Waals surface area (Å²) in [7, 11) is 1.57. The highest BCUT2D eigenvalue weighted by Gasteiger charge is 2.21. The van der Waals surface area contributed by atoms with Gasteiger partial charge in [0.25, 0.3) is 5.91 Å². The van der Waals surface area contributed by atoms with Crippen LogP contribution < -0.4 is 5.32 Å². The highest BCUT2D eigenvalue weighted by Crippen LogP contribution is 2.21. The Labute approximate surface area is 126 Å². The van der Waals surface area contributed by atoms with Gasteiger partial charge in [0.1, 0.15) is 0 Å². The van der Waals surface area contributed by atoms with Gasteiger partial charge in [0.15, 0.2) is 0 Å². The lowest BCUT2D eigenvalue weighted by Gasteiger charge is -2.23. The number of carbonyl (C=O) groups is 1. The first-order valence-corrected chi connectivity index (χ1v) is 6.97. The molecule has 0 aliphatic heterocycles. The molecule has 1 amide bonds. The minimum atomic E-state index is -1.01. The molecular weight excluding hydrogens is 334 g/mol. The van der Waals surface area contributed by atoms with Crippen molar-refractivity contribution in [2.24, 2.45) is 0 Å². The van der Waals surface area contributed by atoms with Crippen LogP contribution in [0.2, 0.25) is 5.02 Å². The molecule has 2 N–H and O–H groups in total. The molecule has 106 valence electrons. The van der Waals surface area contributed by atoms with Crippen LogP contribution in [0.1, 0.15) is 23.7 Å². The van der Waals surface area contributed by atoms with E-state index in [0.717, 1.165) is 4.47 Å². The predicted octanol–water partition coefficient (Wildman–Crippen LogP) is 2.62. The van der Waals surface area contributed by atoms with Crippen LogP contribution in [0.5, 0.6) is 0 Å². The predicted molar refractivity (Wildman–Crippen MR) is 78.6 cm³/mol. The molecule has 1 rings (SSSR count). The fraction of sp³-hybridized carbons (Fsp3) is 0.462. The summed E-state index contributed by atoms with van der Waals surface area (Å²) in [6.07, 6.45) is 0.442. The Hall–Kier alpha value is -0.620. The van der Waals surface area contributed by atoms with E-state index in [1.165, 1.54) is 0 Å². The molecule has 0 aliphatic carbocycles. The molecule has 0 aliphatic rings. The van der Waals surface area contributed by atoms with Gasteiger partial charge in [0.2, 0.25) is 0 Å². The van der Waals surface area contributed by atoms with Gasteiger partial charge in [-0.15, -0.1) is 0 Å². The second-order valence-corrected chi connectivity index (χ2v) is 5.87. The number of amides is 1. The molecule has 1 aromatic carbocycles. The summed E-state index contributed by atoms with van der Waals surface area (Å²) >= 11 is 9.26. The minimum Gasteiger partial charge on any atom is -0.388 e. The maximum Gasteiger partial charge on any atom is 0.252 e. The molecule has 1 aromatic rings. The van der Waals surface area contributed by atoms with Crippen molar-refractivity contribution < 1.29 is 14.6 Å². The lowest BCUT2D eigenvalue weighted by Crippen LogP contribution is -2.41. The number of carbonyl (C=O) groups excluding carboxylic acids is 1. The van der Waals surface area contributed by atoms with Crippen LogP contribution in [0.15, 0.2) is 22.7 Å². The fourth-order valence-electron chi connectivity index (χ4n) is 1.45.